The molecule has 0 fully saturated rings. The van der Waals surface area contributed by atoms with Crippen LogP contribution in [0, 0.1) is 5.41 Å². The SMILES string of the molecule is CC1=N[N+](C)=C(C)C1(C)C. The van der Waals surface area contributed by atoms with Gasteiger partial charge in [0, 0.05) is 6.92 Å². The van der Waals surface area contributed by atoms with Gasteiger partial charge in [-0.2, -0.15) is 0 Å². The Morgan fingerprint density at radius 2 is 1.80 bits per heavy atom. The van der Waals surface area contributed by atoms with E-state index >= 15 is 0 Å². The van der Waals surface area contributed by atoms with E-state index in [1.165, 1.54) is 11.4 Å². The second-order valence-electron chi connectivity index (χ2n) is 3.42. The smallest absolute Gasteiger partial charge is 0.0946 e. The van der Waals surface area contributed by atoms with E-state index in [-0.39, 0.29) is 5.41 Å². The zero-order chi connectivity index (χ0) is 7.94. The van der Waals surface area contributed by atoms with E-state index < -0.39 is 0 Å². The van der Waals surface area contributed by atoms with Gasteiger partial charge in [0.15, 0.2) is 12.8 Å². The molecule has 1 aliphatic rings. The second kappa shape index (κ2) is 1.91. The summed E-state index contributed by atoms with van der Waals surface area (Å²) in [5.74, 6) is 0. The molecule has 2 heteroatoms. The van der Waals surface area contributed by atoms with Gasteiger partial charge < -0.3 is 0 Å². The molecule has 56 valence electrons. The van der Waals surface area contributed by atoms with Crippen LogP contribution in [0.5, 0.6) is 0 Å². The third-order valence-electron chi connectivity index (χ3n) is 2.59. The van der Waals surface area contributed by atoms with Gasteiger partial charge in [-0.1, -0.05) is 4.68 Å². The molecule has 1 rings (SSSR count). The van der Waals surface area contributed by atoms with Gasteiger partial charge in [-0.3, -0.25) is 0 Å². The van der Waals surface area contributed by atoms with E-state index in [1.54, 1.807) is 0 Å². The lowest BCUT2D eigenvalue weighted by Gasteiger charge is -2.12. The fourth-order valence-electron chi connectivity index (χ4n) is 1.09. The van der Waals surface area contributed by atoms with Gasteiger partial charge in [-0.15, -0.1) is 0 Å². The summed E-state index contributed by atoms with van der Waals surface area (Å²) in [6.45, 7) is 8.60. The Bertz CT molecular complexity index is 221. The van der Waals surface area contributed by atoms with Crippen molar-refractivity contribution in [2.24, 2.45) is 10.5 Å². The molecule has 0 unspecified atom stereocenters. The molecule has 0 spiro atoms. The highest BCUT2D eigenvalue weighted by Gasteiger charge is 2.38. The third kappa shape index (κ3) is 0.789. The minimum Gasteiger partial charge on any atom is -0.0946 e. The molecule has 0 saturated heterocycles. The number of nitrogens with zero attached hydrogens (tertiary/aromatic N) is 2. The fourth-order valence-corrected chi connectivity index (χ4v) is 1.09. The molecule has 0 amide bonds. The Kier molecular flexibility index (Phi) is 1.42. The molecule has 0 aromatic heterocycles. The first-order chi connectivity index (χ1) is 4.46. The molecule has 0 bridgehead atoms. The van der Waals surface area contributed by atoms with Crippen molar-refractivity contribution in [2.45, 2.75) is 27.7 Å². The molecule has 0 aliphatic carbocycles. The summed E-state index contributed by atoms with van der Waals surface area (Å²) < 4.78 is 1.95. The van der Waals surface area contributed by atoms with Crippen molar-refractivity contribution < 1.29 is 4.68 Å². The molecule has 0 radical (unpaired) electrons. The van der Waals surface area contributed by atoms with Gasteiger partial charge in [0.25, 0.3) is 0 Å². The van der Waals surface area contributed by atoms with Gasteiger partial charge >= 0.3 is 0 Å². The van der Waals surface area contributed by atoms with Crippen molar-refractivity contribution in [3.63, 3.8) is 0 Å². The summed E-state index contributed by atoms with van der Waals surface area (Å²) in [5.41, 5.74) is 2.70. The van der Waals surface area contributed by atoms with E-state index in [0.29, 0.717) is 0 Å². The highest BCUT2D eigenvalue weighted by atomic mass is 15.4. The molecule has 0 aromatic rings. The zero-order valence-corrected chi connectivity index (χ0v) is 7.39. The lowest BCUT2D eigenvalue weighted by atomic mass is 9.84. The Morgan fingerprint density at radius 1 is 1.30 bits per heavy atom. The topological polar surface area (TPSA) is 15.4 Å². The number of hydrogen-bond acceptors (Lipinski definition) is 1. The van der Waals surface area contributed by atoms with E-state index in [1.807, 2.05) is 11.7 Å². The molecular formula is C8H15N2+. The van der Waals surface area contributed by atoms with Crippen molar-refractivity contribution in [1.82, 2.24) is 0 Å². The van der Waals surface area contributed by atoms with Crippen molar-refractivity contribution in [1.29, 1.82) is 0 Å². The number of hydrogen-bond donors (Lipinski definition) is 0. The zero-order valence-electron chi connectivity index (χ0n) is 7.39. The van der Waals surface area contributed by atoms with Crippen LogP contribution in [0.25, 0.3) is 0 Å². The minimum absolute atomic E-state index is 0.175. The third-order valence-corrected chi connectivity index (χ3v) is 2.59. The van der Waals surface area contributed by atoms with Crippen LogP contribution in [0.1, 0.15) is 27.7 Å². The molecule has 1 aliphatic heterocycles. The highest BCUT2D eigenvalue weighted by Crippen LogP contribution is 2.23. The average molecular weight is 139 g/mol. The summed E-state index contributed by atoms with van der Waals surface area (Å²) in [6.07, 6.45) is 0. The van der Waals surface area contributed by atoms with E-state index in [0.717, 1.165) is 0 Å². The van der Waals surface area contributed by atoms with Crippen LogP contribution < -0.4 is 0 Å². The van der Waals surface area contributed by atoms with Gasteiger partial charge in [-0.05, 0) is 25.9 Å². The largest absolute Gasteiger partial charge is 0.193 e. The number of hydrazone groups is 1. The predicted octanol–water partition coefficient (Wildman–Crippen LogP) is 1.51. The normalized spacial score (nSPS) is 23.5. The molecule has 2 nitrogen and oxygen atoms in total. The second-order valence-corrected chi connectivity index (χ2v) is 3.42. The van der Waals surface area contributed by atoms with Gasteiger partial charge in [-0.25, -0.2) is 0 Å². The maximum Gasteiger partial charge on any atom is 0.193 e. The van der Waals surface area contributed by atoms with Crippen LogP contribution in [-0.4, -0.2) is 23.2 Å². The van der Waals surface area contributed by atoms with Crippen LogP contribution in [-0.2, 0) is 0 Å². The van der Waals surface area contributed by atoms with Crippen LogP contribution in [0.3, 0.4) is 0 Å². The van der Waals surface area contributed by atoms with E-state index in [9.17, 15) is 0 Å². The monoisotopic (exact) mass is 139 g/mol. The summed E-state index contributed by atoms with van der Waals surface area (Å²) in [5, 5.41) is 4.34. The summed E-state index contributed by atoms with van der Waals surface area (Å²) in [6, 6.07) is 0. The first-order valence-corrected chi connectivity index (χ1v) is 3.59. The molecule has 0 atom stereocenters. The van der Waals surface area contributed by atoms with Gasteiger partial charge in [0.05, 0.1) is 11.1 Å². The average Bonchev–Trinajstić information content (AvgIpc) is 1.97. The van der Waals surface area contributed by atoms with E-state index in [4.69, 9.17) is 0 Å². The fraction of sp³-hybridized carbons (Fsp3) is 0.750. The van der Waals surface area contributed by atoms with Crippen LogP contribution in [0.15, 0.2) is 5.10 Å². The van der Waals surface area contributed by atoms with Crippen molar-refractivity contribution in [3.8, 4) is 0 Å². The molecule has 10 heavy (non-hydrogen) atoms. The lowest BCUT2D eigenvalue weighted by molar-refractivity contribution is -0.500. The lowest BCUT2D eigenvalue weighted by Crippen LogP contribution is -2.27. The molecule has 0 aromatic carbocycles. The maximum atomic E-state index is 4.34. The van der Waals surface area contributed by atoms with Crippen molar-refractivity contribution >= 4 is 11.4 Å². The van der Waals surface area contributed by atoms with Crippen LogP contribution in [0.4, 0.5) is 0 Å². The Morgan fingerprint density at radius 3 is 1.90 bits per heavy atom. The molecular weight excluding hydrogens is 124 g/mol. The van der Waals surface area contributed by atoms with Crippen LogP contribution in [0.2, 0.25) is 0 Å². The minimum atomic E-state index is 0.175. The molecule has 0 N–H and O–H groups in total. The van der Waals surface area contributed by atoms with Gasteiger partial charge in [0.1, 0.15) is 0 Å². The first kappa shape index (κ1) is 7.45. The highest BCUT2D eigenvalue weighted by molar-refractivity contribution is 6.08. The predicted molar refractivity (Wildman–Crippen MR) is 43.8 cm³/mol. The Balaban J connectivity index is 3.11. The molecule has 1 heterocycles. The summed E-state index contributed by atoms with van der Waals surface area (Å²) >= 11 is 0. The number of rotatable bonds is 0. The Hall–Kier alpha value is -0.660. The summed E-state index contributed by atoms with van der Waals surface area (Å²) in [7, 11) is 1.99. The van der Waals surface area contributed by atoms with Crippen LogP contribution >= 0.6 is 0 Å². The quantitative estimate of drug-likeness (QED) is 0.452. The maximum absolute atomic E-state index is 4.34. The Labute approximate surface area is 62.3 Å². The van der Waals surface area contributed by atoms with E-state index in [2.05, 4.69) is 32.8 Å². The standard InChI is InChI=1S/C8H15N2/c1-6-8(3,4)7(2)10(5)9-6/h1-5H3/q+1. The van der Waals surface area contributed by atoms with Gasteiger partial charge in [0.2, 0.25) is 0 Å². The van der Waals surface area contributed by atoms with Crippen molar-refractivity contribution in [3.05, 3.63) is 0 Å². The van der Waals surface area contributed by atoms with Crippen molar-refractivity contribution in [2.75, 3.05) is 7.05 Å². The first-order valence-electron chi connectivity index (χ1n) is 3.59. The summed E-state index contributed by atoms with van der Waals surface area (Å²) in [4.78, 5) is 0. The molecule has 0 saturated carbocycles.